The number of benzene rings is 2. The summed E-state index contributed by atoms with van der Waals surface area (Å²) in [6.07, 6.45) is 2.26. The zero-order chi connectivity index (χ0) is 20.8. The maximum Gasteiger partial charge on any atom is 0.322 e. The van der Waals surface area contributed by atoms with Gasteiger partial charge in [0.25, 0.3) is 5.56 Å². The van der Waals surface area contributed by atoms with Crippen molar-refractivity contribution in [1.82, 2.24) is 9.88 Å². The summed E-state index contributed by atoms with van der Waals surface area (Å²) in [7, 11) is 1.60. The van der Waals surface area contributed by atoms with Crippen LogP contribution in [0.2, 0.25) is 5.02 Å². The van der Waals surface area contributed by atoms with Crippen LogP contribution in [0.4, 0.5) is 14.9 Å². The second kappa shape index (κ2) is 9.54. The van der Waals surface area contributed by atoms with E-state index in [2.05, 4.69) is 10.3 Å². The summed E-state index contributed by atoms with van der Waals surface area (Å²) in [4.78, 5) is 29.3. The molecule has 0 unspecified atom stereocenters. The molecule has 0 atom stereocenters. The van der Waals surface area contributed by atoms with Crippen LogP contribution in [0, 0.1) is 5.82 Å². The number of hydrogen-bond acceptors (Lipinski definition) is 3. The predicted molar refractivity (Wildman–Crippen MR) is 112 cm³/mol. The molecular weight excluding hydrogens is 397 g/mol. The van der Waals surface area contributed by atoms with Crippen LogP contribution >= 0.6 is 11.6 Å². The molecule has 0 fully saturated rings. The molecule has 0 aliphatic heterocycles. The highest BCUT2D eigenvalue weighted by Crippen LogP contribution is 2.21. The fourth-order valence-corrected chi connectivity index (χ4v) is 3.21. The van der Waals surface area contributed by atoms with Gasteiger partial charge in [-0.1, -0.05) is 29.8 Å². The van der Waals surface area contributed by atoms with Gasteiger partial charge in [0.1, 0.15) is 5.82 Å². The average Bonchev–Trinajstić information content (AvgIpc) is 2.72. The van der Waals surface area contributed by atoms with Gasteiger partial charge in [-0.05, 0) is 41.6 Å². The minimum atomic E-state index is -0.554. The van der Waals surface area contributed by atoms with E-state index < -0.39 is 5.82 Å². The number of halogens is 2. The number of urea groups is 1. The quantitative estimate of drug-likeness (QED) is 0.560. The van der Waals surface area contributed by atoms with Crippen LogP contribution < -0.4 is 10.9 Å². The Morgan fingerprint density at radius 3 is 2.72 bits per heavy atom. The number of fused-ring (bicyclic) bond motifs is 1. The number of aromatic amines is 1. The molecule has 0 saturated heterocycles. The Morgan fingerprint density at radius 1 is 1.24 bits per heavy atom. The normalized spacial score (nSPS) is 10.9. The van der Waals surface area contributed by atoms with Crippen molar-refractivity contribution in [3.8, 4) is 0 Å². The average molecular weight is 418 g/mol. The van der Waals surface area contributed by atoms with Crippen LogP contribution in [0.5, 0.6) is 0 Å². The minimum Gasteiger partial charge on any atom is -0.385 e. The molecule has 2 aromatic carbocycles. The first kappa shape index (κ1) is 20.8. The first-order valence-electron chi connectivity index (χ1n) is 9.09. The number of pyridine rings is 1. The van der Waals surface area contributed by atoms with Crippen LogP contribution in [0.15, 0.2) is 53.5 Å². The lowest BCUT2D eigenvalue weighted by molar-refractivity contribution is 0.172. The van der Waals surface area contributed by atoms with Crippen LogP contribution in [0.25, 0.3) is 10.8 Å². The summed E-state index contributed by atoms with van der Waals surface area (Å²) in [5, 5.41) is 4.02. The number of aromatic nitrogens is 1. The van der Waals surface area contributed by atoms with Crippen molar-refractivity contribution in [2.45, 2.75) is 13.0 Å². The molecule has 0 aliphatic rings. The fraction of sp³-hybridized carbons (Fsp3) is 0.238. The molecule has 0 radical (unpaired) electrons. The van der Waals surface area contributed by atoms with E-state index in [-0.39, 0.29) is 23.2 Å². The molecular formula is C21H21ClFN3O3. The number of H-pyrrole nitrogens is 1. The molecule has 0 saturated carbocycles. The molecule has 3 aromatic rings. The van der Waals surface area contributed by atoms with E-state index in [1.54, 1.807) is 30.3 Å². The number of nitrogens with zero attached hydrogens (tertiary/aromatic N) is 1. The molecule has 0 spiro atoms. The first-order chi connectivity index (χ1) is 14.0. The zero-order valence-corrected chi connectivity index (χ0v) is 16.6. The number of nitrogens with one attached hydrogen (secondary N) is 2. The maximum absolute atomic E-state index is 13.4. The van der Waals surface area contributed by atoms with Crippen molar-refractivity contribution in [2.24, 2.45) is 0 Å². The van der Waals surface area contributed by atoms with Crippen LogP contribution in [0.3, 0.4) is 0 Å². The third-order valence-corrected chi connectivity index (χ3v) is 4.78. The number of rotatable bonds is 7. The van der Waals surface area contributed by atoms with Crippen molar-refractivity contribution >= 4 is 34.1 Å². The molecule has 29 heavy (non-hydrogen) atoms. The van der Waals surface area contributed by atoms with Crippen LogP contribution in [-0.4, -0.2) is 36.2 Å². The van der Waals surface area contributed by atoms with Gasteiger partial charge in [-0.3, -0.25) is 4.79 Å². The van der Waals surface area contributed by atoms with Gasteiger partial charge in [0, 0.05) is 44.1 Å². The third-order valence-electron chi connectivity index (χ3n) is 4.49. The van der Waals surface area contributed by atoms with Crippen molar-refractivity contribution in [3.63, 3.8) is 0 Å². The van der Waals surface area contributed by atoms with E-state index in [1.807, 2.05) is 12.1 Å². The monoisotopic (exact) mass is 417 g/mol. The van der Waals surface area contributed by atoms with E-state index in [9.17, 15) is 14.0 Å². The third kappa shape index (κ3) is 5.13. The number of carbonyl (C=O) groups excluding carboxylic acids is 1. The topological polar surface area (TPSA) is 74.4 Å². The van der Waals surface area contributed by atoms with Crippen molar-refractivity contribution in [2.75, 3.05) is 25.6 Å². The van der Waals surface area contributed by atoms with Gasteiger partial charge >= 0.3 is 6.03 Å². The SMILES string of the molecule is COCCCN(Cc1c[nH]c(=O)c2ccccc12)C(=O)Nc1ccc(F)c(Cl)c1. The molecule has 1 heterocycles. The van der Waals surface area contributed by atoms with E-state index in [4.69, 9.17) is 16.3 Å². The Morgan fingerprint density at radius 2 is 2.00 bits per heavy atom. The van der Waals surface area contributed by atoms with Gasteiger partial charge in [-0.15, -0.1) is 0 Å². The van der Waals surface area contributed by atoms with Gasteiger partial charge in [0.2, 0.25) is 0 Å². The summed E-state index contributed by atoms with van der Waals surface area (Å²) in [6, 6.07) is 10.9. The standard InChI is InChI=1S/C21H21ClFN3O3/c1-29-10-4-9-26(21(28)25-15-7-8-19(23)18(22)11-15)13-14-12-24-20(27)17-6-3-2-5-16(14)17/h2-3,5-8,11-12H,4,9-10,13H2,1H3,(H,24,27)(H,25,28). The molecule has 2 N–H and O–H groups in total. The summed E-state index contributed by atoms with van der Waals surface area (Å²) < 4.78 is 18.5. The Kier molecular flexibility index (Phi) is 6.85. The smallest absolute Gasteiger partial charge is 0.322 e. The summed E-state index contributed by atoms with van der Waals surface area (Å²) in [5.41, 5.74) is 1.02. The largest absolute Gasteiger partial charge is 0.385 e. The Labute approximate surface area is 172 Å². The lowest BCUT2D eigenvalue weighted by Gasteiger charge is -2.24. The highest BCUT2D eigenvalue weighted by molar-refractivity contribution is 6.31. The fourth-order valence-electron chi connectivity index (χ4n) is 3.03. The van der Waals surface area contributed by atoms with Gasteiger partial charge in [0.15, 0.2) is 0 Å². The lowest BCUT2D eigenvalue weighted by atomic mass is 10.1. The van der Waals surface area contributed by atoms with Crippen molar-refractivity contribution in [1.29, 1.82) is 0 Å². The summed E-state index contributed by atoms with van der Waals surface area (Å²) in [6.45, 7) is 1.21. The molecule has 6 nitrogen and oxygen atoms in total. The Bertz CT molecular complexity index is 1070. The predicted octanol–water partition coefficient (Wildman–Crippen LogP) is 4.39. The molecule has 0 aliphatic carbocycles. The molecule has 152 valence electrons. The molecule has 8 heteroatoms. The summed E-state index contributed by atoms with van der Waals surface area (Å²) in [5.74, 6) is -0.554. The first-order valence-corrected chi connectivity index (χ1v) is 9.46. The number of methoxy groups -OCH3 is 1. The number of ether oxygens (including phenoxy) is 1. The van der Waals surface area contributed by atoms with E-state index in [1.165, 1.54) is 18.2 Å². The number of anilines is 1. The van der Waals surface area contributed by atoms with Crippen molar-refractivity contribution < 1.29 is 13.9 Å². The van der Waals surface area contributed by atoms with Gasteiger partial charge in [-0.2, -0.15) is 0 Å². The highest BCUT2D eigenvalue weighted by Gasteiger charge is 2.16. The van der Waals surface area contributed by atoms with E-state index >= 15 is 0 Å². The van der Waals surface area contributed by atoms with Crippen LogP contribution in [-0.2, 0) is 11.3 Å². The Hall–Kier alpha value is -2.90. The summed E-state index contributed by atoms with van der Waals surface area (Å²) >= 11 is 5.80. The van der Waals surface area contributed by atoms with E-state index in [0.717, 1.165) is 10.9 Å². The zero-order valence-electron chi connectivity index (χ0n) is 15.9. The molecule has 1 aromatic heterocycles. The minimum absolute atomic E-state index is 0.0691. The van der Waals surface area contributed by atoms with Crippen molar-refractivity contribution in [3.05, 3.63) is 75.4 Å². The second-order valence-electron chi connectivity index (χ2n) is 6.52. The van der Waals surface area contributed by atoms with Crippen LogP contribution in [0.1, 0.15) is 12.0 Å². The van der Waals surface area contributed by atoms with Gasteiger partial charge < -0.3 is 19.9 Å². The number of hydrogen-bond donors (Lipinski definition) is 2. The highest BCUT2D eigenvalue weighted by atomic mass is 35.5. The lowest BCUT2D eigenvalue weighted by Crippen LogP contribution is -2.36. The molecule has 0 bridgehead atoms. The second-order valence-corrected chi connectivity index (χ2v) is 6.92. The number of carbonyl (C=O) groups is 1. The van der Waals surface area contributed by atoms with E-state index in [0.29, 0.717) is 30.6 Å². The number of amides is 2. The molecule has 2 amide bonds. The molecule has 3 rings (SSSR count). The van der Waals surface area contributed by atoms with Gasteiger partial charge in [-0.25, -0.2) is 9.18 Å². The maximum atomic E-state index is 13.4. The Balaban J connectivity index is 1.85. The van der Waals surface area contributed by atoms with Gasteiger partial charge in [0.05, 0.1) is 5.02 Å².